The van der Waals surface area contributed by atoms with Crippen LogP contribution in [0.15, 0.2) is 70.9 Å². The smallest absolute Gasteiger partial charge is 0.334 e. The molecule has 12 heteroatoms. The number of carboxylic acid groups (broad SMARTS) is 2. The van der Waals surface area contributed by atoms with Crippen LogP contribution in [-0.2, 0) is 14.4 Å². The Kier molecular flexibility index (Phi) is 9.12. The highest BCUT2D eigenvalue weighted by Gasteiger charge is 2.41. The fourth-order valence-electron chi connectivity index (χ4n) is 5.14. The van der Waals surface area contributed by atoms with Crippen LogP contribution in [0.25, 0.3) is 0 Å². The SMILES string of the molecule is CC1=NC(C)=C(C(=O)O)C(c2cccc(NC(=S)NNC(=O)CN3CCN(c4ccccc4)CC3)c2)C1C(=O)O. The standard InChI is InChI=1S/C28H32N6O5S/c1-17-23(26(36)37)25(24(27(38)39)18(2)29-17)19-7-6-8-20(15-19)30-28(40)32-31-22(35)16-33-11-13-34(14-12-33)21-9-4-3-5-10-21/h3-10,15,23,25H,11-14,16H2,1-2H3,(H,31,35)(H,36,37)(H,38,39)(H2,30,32,40). The number of carbonyl (C=O) groups is 3. The van der Waals surface area contributed by atoms with Gasteiger partial charge in [-0.15, -0.1) is 0 Å². The molecule has 2 aliphatic heterocycles. The first kappa shape index (κ1) is 28.7. The van der Waals surface area contributed by atoms with E-state index < -0.39 is 23.8 Å². The average Bonchev–Trinajstić information content (AvgIpc) is 2.92. The minimum atomic E-state index is -1.22. The molecule has 2 heterocycles. The number of amides is 1. The van der Waals surface area contributed by atoms with Gasteiger partial charge in [-0.1, -0.05) is 30.3 Å². The highest BCUT2D eigenvalue weighted by Crippen LogP contribution is 2.39. The Hall–Kier alpha value is -4.29. The molecule has 210 valence electrons. The Balaban J connectivity index is 1.32. The van der Waals surface area contributed by atoms with Gasteiger partial charge in [0, 0.05) is 54.9 Å². The van der Waals surface area contributed by atoms with E-state index in [0.717, 1.165) is 26.2 Å². The molecule has 1 fully saturated rings. The van der Waals surface area contributed by atoms with Gasteiger partial charge in [0.2, 0.25) is 0 Å². The number of nitrogens with one attached hydrogen (secondary N) is 3. The molecule has 0 saturated carbocycles. The lowest BCUT2D eigenvalue weighted by Gasteiger charge is -2.35. The zero-order valence-electron chi connectivity index (χ0n) is 22.3. The Labute approximate surface area is 237 Å². The van der Waals surface area contributed by atoms with E-state index in [1.165, 1.54) is 5.69 Å². The zero-order valence-corrected chi connectivity index (χ0v) is 23.1. The molecule has 2 aromatic carbocycles. The zero-order chi connectivity index (χ0) is 28.8. The maximum Gasteiger partial charge on any atom is 0.334 e. The van der Waals surface area contributed by atoms with Crippen molar-refractivity contribution in [2.45, 2.75) is 19.8 Å². The molecule has 0 spiro atoms. The second-order valence-electron chi connectivity index (χ2n) is 9.70. The summed E-state index contributed by atoms with van der Waals surface area (Å²) in [6.07, 6.45) is 0. The first-order chi connectivity index (χ1) is 19.1. The Morgan fingerprint density at radius 1 is 0.975 bits per heavy atom. The van der Waals surface area contributed by atoms with Gasteiger partial charge in [0.15, 0.2) is 5.11 Å². The van der Waals surface area contributed by atoms with Crippen LogP contribution in [0.1, 0.15) is 25.3 Å². The largest absolute Gasteiger partial charge is 0.481 e. The molecule has 11 nitrogen and oxygen atoms in total. The normalized spacial score (nSPS) is 19.4. The molecule has 5 N–H and O–H groups in total. The number of allylic oxidation sites excluding steroid dienone is 1. The van der Waals surface area contributed by atoms with Gasteiger partial charge in [0.25, 0.3) is 5.91 Å². The van der Waals surface area contributed by atoms with Gasteiger partial charge >= 0.3 is 11.9 Å². The minimum Gasteiger partial charge on any atom is -0.481 e. The number of carboxylic acids is 2. The van der Waals surface area contributed by atoms with Gasteiger partial charge in [0.05, 0.1) is 12.1 Å². The van der Waals surface area contributed by atoms with E-state index in [4.69, 9.17) is 12.2 Å². The maximum atomic E-state index is 12.5. The topological polar surface area (TPSA) is 147 Å². The Bertz CT molecular complexity index is 1350. The van der Waals surface area contributed by atoms with E-state index in [1.54, 1.807) is 38.1 Å². The van der Waals surface area contributed by atoms with Crippen molar-refractivity contribution in [3.8, 4) is 0 Å². The van der Waals surface area contributed by atoms with Crippen molar-refractivity contribution >= 4 is 52.3 Å². The predicted octanol–water partition coefficient (Wildman–Crippen LogP) is 2.44. The van der Waals surface area contributed by atoms with Gasteiger partial charge < -0.3 is 20.4 Å². The number of carbonyl (C=O) groups excluding carboxylic acids is 1. The molecular weight excluding hydrogens is 532 g/mol. The Morgan fingerprint density at radius 2 is 1.68 bits per heavy atom. The molecular formula is C28H32N6O5S. The van der Waals surface area contributed by atoms with Crippen molar-refractivity contribution in [2.24, 2.45) is 10.9 Å². The van der Waals surface area contributed by atoms with Gasteiger partial charge in [-0.2, -0.15) is 0 Å². The van der Waals surface area contributed by atoms with Crippen molar-refractivity contribution in [3.63, 3.8) is 0 Å². The number of aliphatic imine (C=N–C) groups is 1. The number of anilines is 2. The maximum absolute atomic E-state index is 12.5. The molecule has 0 radical (unpaired) electrons. The van der Waals surface area contributed by atoms with Gasteiger partial charge in [-0.25, -0.2) is 4.79 Å². The van der Waals surface area contributed by atoms with Crippen molar-refractivity contribution in [1.82, 2.24) is 15.8 Å². The molecule has 0 bridgehead atoms. The van der Waals surface area contributed by atoms with E-state index >= 15 is 0 Å². The van der Waals surface area contributed by atoms with Gasteiger partial charge in [0.1, 0.15) is 5.92 Å². The molecule has 1 saturated heterocycles. The monoisotopic (exact) mass is 564 g/mol. The number of thiocarbonyl (C=S) groups is 1. The molecule has 1 amide bonds. The van der Waals surface area contributed by atoms with Gasteiger partial charge in [-0.3, -0.25) is 30.3 Å². The molecule has 2 aromatic rings. The predicted molar refractivity (Wildman–Crippen MR) is 156 cm³/mol. The quantitative estimate of drug-likeness (QED) is 0.251. The number of hydrogen-bond acceptors (Lipinski definition) is 7. The summed E-state index contributed by atoms with van der Waals surface area (Å²) >= 11 is 5.32. The summed E-state index contributed by atoms with van der Waals surface area (Å²) in [6, 6.07) is 16.9. The van der Waals surface area contributed by atoms with Crippen molar-refractivity contribution in [3.05, 3.63) is 71.4 Å². The van der Waals surface area contributed by atoms with Crippen LogP contribution in [0.4, 0.5) is 11.4 Å². The molecule has 4 rings (SSSR count). The van der Waals surface area contributed by atoms with Crippen LogP contribution in [0, 0.1) is 5.92 Å². The third-order valence-corrected chi connectivity index (χ3v) is 7.21. The number of piperazine rings is 1. The lowest BCUT2D eigenvalue weighted by atomic mass is 9.75. The summed E-state index contributed by atoms with van der Waals surface area (Å²) in [5.41, 5.74) is 8.00. The number of hydrazine groups is 1. The van der Waals surface area contributed by atoms with E-state index in [9.17, 15) is 24.6 Å². The van der Waals surface area contributed by atoms with Crippen LogP contribution in [-0.4, -0.2) is 76.5 Å². The number of rotatable bonds is 7. The number of hydrogen-bond donors (Lipinski definition) is 5. The number of para-hydroxylation sites is 1. The number of aliphatic carboxylic acids is 2. The molecule has 40 heavy (non-hydrogen) atoms. The van der Waals surface area contributed by atoms with E-state index in [0.29, 0.717) is 17.0 Å². The molecule has 0 aliphatic carbocycles. The fourth-order valence-corrected chi connectivity index (χ4v) is 5.31. The summed E-state index contributed by atoms with van der Waals surface area (Å²) in [5, 5.41) is 22.8. The first-order valence-corrected chi connectivity index (χ1v) is 13.2. The minimum absolute atomic E-state index is 0.0623. The fraction of sp³-hybridized carbons (Fsp3) is 0.321. The summed E-state index contributed by atoms with van der Waals surface area (Å²) < 4.78 is 0. The summed E-state index contributed by atoms with van der Waals surface area (Å²) in [4.78, 5) is 45.1. The van der Waals surface area contributed by atoms with Crippen LogP contribution < -0.4 is 21.1 Å². The highest BCUT2D eigenvalue weighted by molar-refractivity contribution is 7.80. The average molecular weight is 565 g/mol. The number of benzene rings is 2. The summed E-state index contributed by atoms with van der Waals surface area (Å²) in [5.74, 6) is -4.66. The highest BCUT2D eigenvalue weighted by atomic mass is 32.1. The second kappa shape index (κ2) is 12.7. The van der Waals surface area contributed by atoms with Crippen molar-refractivity contribution in [2.75, 3.05) is 42.9 Å². The molecule has 2 unspecified atom stereocenters. The second-order valence-corrected chi connectivity index (χ2v) is 10.1. The third kappa shape index (κ3) is 6.82. The third-order valence-electron chi connectivity index (χ3n) is 7.00. The van der Waals surface area contributed by atoms with Crippen LogP contribution in [0.3, 0.4) is 0 Å². The van der Waals surface area contributed by atoms with Crippen molar-refractivity contribution < 1.29 is 24.6 Å². The molecule has 2 atom stereocenters. The van der Waals surface area contributed by atoms with Gasteiger partial charge in [-0.05, 0) is 55.9 Å². The van der Waals surface area contributed by atoms with E-state index in [2.05, 4.69) is 43.1 Å². The lowest BCUT2D eigenvalue weighted by Crippen LogP contribution is -2.52. The summed E-state index contributed by atoms with van der Waals surface area (Å²) in [6.45, 7) is 6.53. The molecule has 0 aromatic heterocycles. The van der Waals surface area contributed by atoms with Crippen LogP contribution in [0.5, 0.6) is 0 Å². The first-order valence-electron chi connectivity index (χ1n) is 12.8. The summed E-state index contributed by atoms with van der Waals surface area (Å²) in [7, 11) is 0. The van der Waals surface area contributed by atoms with Crippen LogP contribution >= 0.6 is 12.2 Å². The Morgan fingerprint density at radius 3 is 2.33 bits per heavy atom. The van der Waals surface area contributed by atoms with Crippen molar-refractivity contribution in [1.29, 1.82) is 0 Å². The number of nitrogens with zero attached hydrogens (tertiary/aromatic N) is 3. The van der Waals surface area contributed by atoms with E-state index in [1.807, 2.05) is 18.2 Å². The lowest BCUT2D eigenvalue weighted by molar-refractivity contribution is -0.140. The van der Waals surface area contributed by atoms with Crippen LogP contribution in [0.2, 0.25) is 0 Å². The molecule has 2 aliphatic rings. The van der Waals surface area contributed by atoms with E-state index in [-0.39, 0.29) is 28.8 Å².